The van der Waals surface area contributed by atoms with Crippen LogP contribution >= 0.6 is 0 Å². The zero-order chi connectivity index (χ0) is 8.81. The molecular weight excluding hydrogens is 148 g/mol. The van der Waals surface area contributed by atoms with E-state index >= 15 is 0 Å². The number of rotatable bonds is 2. The molecule has 0 bridgehead atoms. The quantitative estimate of drug-likeness (QED) is 0.618. The third-order valence-corrected chi connectivity index (χ3v) is 1.55. The minimum absolute atomic E-state index is 0.925. The monoisotopic (exact) mass is 158 g/mol. The van der Waals surface area contributed by atoms with Crippen LogP contribution in [0.5, 0.6) is 0 Å². The van der Waals surface area contributed by atoms with Crippen LogP contribution in [0.15, 0.2) is 24.4 Å². The maximum absolute atomic E-state index is 8.30. The molecule has 0 saturated heterocycles. The fraction of sp³-hybridized carbons (Fsp3) is 0.200. The highest BCUT2D eigenvalue weighted by Gasteiger charge is 1.90. The summed E-state index contributed by atoms with van der Waals surface area (Å²) in [6.07, 6.45) is 5.93. The van der Waals surface area contributed by atoms with Gasteiger partial charge in [-0.3, -0.25) is 4.98 Å². The van der Waals surface area contributed by atoms with Crippen molar-refractivity contribution < 1.29 is 0 Å². The van der Waals surface area contributed by atoms with Crippen molar-refractivity contribution in [2.45, 2.75) is 13.3 Å². The van der Waals surface area contributed by atoms with Crippen LogP contribution in [0, 0.1) is 11.3 Å². The van der Waals surface area contributed by atoms with Gasteiger partial charge in [-0.15, -0.1) is 0 Å². The number of hydrogen-bond donors (Lipinski definition) is 0. The first-order valence-corrected chi connectivity index (χ1v) is 3.88. The molecule has 1 heterocycles. The highest BCUT2D eigenvalue weighted by Crippen LogP contribution is 2.03. The lowest BCUT2D eigenvalue weighted by atomic mass is 10.2. The molecular formula is C10H10N2. The van der Waals surface area contributed by atoms with Gasteiger partial charge in [0.05, 0.1) is 6.07 Å². The maximum atomic E-state index is 8.30. The summed E-state index contributed by atoms with van der Waals surface area (Å²) in [7, 11) is 0. The highest BCUT2D eigenvalue weighted by atomic mass is 14.7. The number of allylic oxidation sites excluding steroid dienone is 1. The van der Waals surface area contributed by atoms with E-state index in [2.05, 4.69) is 11.9 Å². The largest absolute Gasteiger partial charge is 0.261 e. The van der Waals surface area contributed by atoms with Gasteiger partial charge in [-0.25, -0.2) is 0 Å². The van der Waals surface area contributed by atoms with Crippen molar-refractivity contribution in [3.05, 3.63) is 35.7 Å². The predicted octanol–water partition coefficient (Wildman–Crippen LogP) is 2.18. The molecule has 1 aromatic heterocycles. The van der Waals surface area contributed by atoms with Crippen LogP contribution < -0.4 is 0 Å². The second-order valence-electron chi connectivity index (χ2n) is 2.40. The molecule has 0 aliphatic heterocycles. The van der Waals surface area contributed by atoms with Gasteiger partial charge >= 0.3 is 0 Å². The summed E-state index contributed by atoms with van der Waals surface area (Å²) >= 11 is 0. The second-order valence-corrected chi connectivity index (χ2v) is 2.40. The van der Waals surface area contributed by atoms with Gasteiger partial charge in [0.15, 0.2) is 0 Å². The third-order valence-electron chi connectivity index (χ3n) is 1.55. The van der Waals surface area contributed by atoms with E-state index in [-0.39, 0.29) is 0 Å². The molecule has 0 aromatic carbocycles. The standard InChI is InChI=1S/C10H10N2/c1-2-10-8-9(4-3-6-11)5-7-12-10/h3-5,7-8H,2H2,1H3. The molecule has 1 aromatic rings. The van der Waals surface area contributed by atoms with E-state index in [1.807, 2.05) is 18.2 Å². The lowest BCUT2D eigenvalue weighted by Gasteiger charge is -1.95. The van der Waals surface area contributed by atoms with Gasteiger partial charge in [0.2, 0.25) is 0 Å². The Kier molecular flexibility index (Phi) is 3.04. The van der Waals surface area contributed by atoms with Crippen molar-refractivity contribution in [3.8, 4) is 6.07 Å². The van der Waals surface area contributed by atoms with Crippen LogP contribution in [0.1, 0.15) is 18.2 Å². The van der Waals surface area contributed by atoms with E-state index in [4.69, 9.17) is 5.26 Å². The Morgan fingerprint density at radius 3 is 3.17 bits per heavy atom. The lowest BCUT2D eigenvalue weighted by Crippen LogP contribution is -1.85. The van der Waals surface area contributed by atoms with Crippen molar-refractivity contribution in [2.75, 3.05) is 0 Å². The van der Waals surface area contributed by atoms with Gasteiger partial charge in [-0.2, -0.15) is 5.26 Å². The number of pyridine rings is 1. The molecule has 1 rings (SSSR count). The van der Waals surface area contributed by atoms with Crippen molar-refractivity contribution in [2.24, 2.45) is 0 Å². The fourth-order valence-electron chi connectivity index (χ4n) is 0.927. The first-order valence-electron chi connectivity index (χ1n) is 3.88. The van der Waals surface area contributed by atoms with Crippen LogP contribution in [0.4, 0.5) is 0 Å². The smallest absolute Gasteiger partial charge is 0.0912 e. The minimum atomic E-state index is 0.925. The first kappa shape index (κ1) is 8.48. The van der Waals surface area contributed by atoms with Crippen molar-refractivity contribution in [1.29, 1.82) is 5.26 Å². The van der Waals surface area contributed by atoms with E-state index in [1.165, 1.54) is 6.08 Å². The summed E-state index contributed by atoms with van der Waals surface area (Å²) in [5.41, 5.74) is 2.08. The Bertz CT molecular complexity index is 321. The van der Waals surface area contributed by atoms with E-state index in [0.29, 0.717) is 0 Å². The van der Waals surface area contributed by atoms with Crippen molar-refractivity contribution in [3.63, 3.8) is 0 Å². The number of nitrogens with zero attached hydrogens (tertiary/aromatic N) is 2. The van der Waals surface area contributed by atoms with Gasteiger partial charge in [-0.05, 0) is 30.2 Å². The summed E-state index contributed by atoms with van der Waals surface area (Å²) in [5.74, 6) is 0. The first-order chi connectivity index (χ1) is 5.86. The molecule has 0 fully saturated rings. The molecule has 0 spiro atoms. The lowest BCUT2D eigenvalue weighted by molar-refractivity contribution is 1.03. The van der Waals surface area contributed by atoms with Gasteiger partial charge in [0.25, 0.3) is 0 Å². The highest BCUT2D eigenvalue weighted by molar-refractivity contribution is 5.51. The SMILES string of the molecule is CCc1cc(C=CC#N)ccn1. The van der Waals surface area contributed by atoms with Gasteiger partial charge in [0.1, 0.15) is 0 Å². The maximum Gasteiger partial charge on any atom is 0.0912 e. The predicted molar refractivity (Wildman–Crippen MR) is 48.3 cm³/mol. The van der Waals surface area contributed by atoms with Gasteiger partial charge in [0, 0.05) is 18.0 Å². The molecule has 2 nitrogen and oxygen atoms in total. The van der Waals surface area contributed by atoms with E-state index in [1.54, 1.807) is 12.3 Å². The van der Waals surface area contributed by atoms with Crippen LogP contribution in [0.3, 0.4) is 0 Å². The average molecular weight is 158 g/mol. The Labute approximate surface area is 72.2 Å². The summed E-state index contributed by atoms with van der Waals surface area (Å²) in [4.78, 5) is 4.15. The molecule has 0 amide bonds. The Hall–Kier alpha value is -1.62. The number of aromatic nitrogens is 1. The van der Waals surface area contributed by atoms with E-state index in [9.17, 15) is 0 Å². The number of hydrogen-bond acceptors (Lipinski definition) is 2. The molecule has 0 N–H and O–H groups in total. The van der Waals surface area contributed by atoms with Gasteiger partial charge < -0.3 is 0 Å². The molecule has 60 valence electrons. The zero-order valence-corrected chi connectivity index (χ0v) is 6.99. The van der Waals surface area contributed by atoms with Gasteiger partial charge in [-0.1, -0.05) is 6.92 Å². The molecule has 0 aliphatic rings. The molecule has 0 saturated carbocycles. The normalized spacial score (nSPS) is 10.0. The van der Waals surface area contributed by atoms with E-state index < -0.39 is 0 Å². The summed E-state index contributed by atoms with van der Waals surface area (Å²) < 4.78 is 0. The van der Waals surface area contributed by atoms with Crippen LogP contribution in [0.2, 0.25) is 0 Å². The fourth-order valence-corrected chi connectivity index (χ4v) is 0.927. The molecule has 0 radical (unpaired) electrons. The molecule has 12 heavy (non-hydrogen) atoms. The Balaban J connectivity index is 2.88. The topological polar surface area (TPSA) is 36.7 Å². The van der Waals surface area contributed by atoms with Crippen LogP contribution in [-0.4, -0.2) is 4.98 Å². The molecule has 2 heteroatoms. The number of aryl methyl sites for hydroxylation is 1. The van der Waals surface area contributed by atoms with Crippen LogP contribution in [0.25, 0.3) is 6.08 Å². The van der Waals surface area contributed by atoms with E-state index in [0.717, 1.165) is 17.7 Å². The Morgan fingerprint density at radius 2 is 2.50 bits per heavy atom. The zero-order valence-electron chi connectivity index (χ0n) is 6.99. The average Bonchev–Trinajstić information content (AvgIpc) is 2.15. The molecule has 0 unspecified atom stereocenters. The molecule has 0 atom stereocenters. The van der Waals surface area contributed by atoms with Crippen LogP contribution in [-0.2, 0) is 6.42 Å². The Morgan fingerprint density at radius 1 is 1.67 bits per heavy atom. The van der Waals surface area contributed by atoms with Crippen molar-refractivity contribution >= 4 is 6.08 Å². The minimum Gasteiger partial charge on any atom is -0.261 e. The summed E-state index contributed by atoms with van der Waals surface area (Å²) in [6, 6.07) is 5.81. The van der Waals surface area contributed by atoms with Crippen molar-refractivity contribution in [1.82, 2.24) is 4.98 Å². The summed E-state index contributed by atoms with van der Waals surface area (Å²) in [5, 5.41) is 8.30. The summed E-state index contributed by atoms with van der Waals surface area (Å²) in [6.45, 7) is 2.06. The third kappa shape index (κ3) is 2.21. The second kappa shape index (κ2) is 4.30. The number of nitriles is 1. The molecule has 0 aliphatic carbocycles.